The van der Waals surface area contributed by atoms with Crippen molar-refractivity contribution in [2.24, 2.45) is 0 Å². The first-order chi connectivity index (χ1) is 7.24. The van der Waals surface area contributed by atoms with Crippen LogP contribution < -0.4 is 4.74 Å². The molecule has 5 heteroatoms. The Morgan fingerprint density at radius 3 is 2.87 bits per heavy atom. The number of nitrogens with zero attached hydrogens (tertiary/aromatic N) is 2. The first kappa shape index (κ1) is 10.6. The van der Waals surface area contributed by atoms with Crippen LogP contribution in [-0.2, 0) is 0 Å². The number of aromatic nitrogens is 2. The molecule has 0 N–H and O–H groups in total. The number of hydrogen-bond acceptors (Lipinski definition) is 3. The summed E-state index contributed by atoms with van der Waals surface area (Å²) < 4.78 is 6.57. The Labute approximate surface area is 106 Å². The van der Waals surface area contributed by atoms with Crippen LogP contribution in [0.4, 0.5) is 0 Å². The first-order valence-corrected chi connectivity index (χ1v) is 5.61. The minimum Gasteiger partial charge on any atom is -0.437 e. The van der Waals surface area contributed by atoms with Crippen LogP contribution in [0.25, 0.3) is 0 Å². The van der Waals surface area contributed by atoms with E-state index in [4.69, 9.17) is 16.3 Å². The van der Waals surface area contributed by atoms with Gasteiger partial charge in [0.2, 0.25) is 5.88 Å². The number of halogens is 2. The van der Waals surface area contributed by atoms with Crippen molar-refractivity contribution in [2.45, 2.75) is 0 Å². The number of ether oxygens (including phenoxy) is 1. The highest BCUT2D eigenvalue weighted by molar-refractivity contribution is 14.1. The first-order valence-electron chi connectivity index (χ1n) is 4.15. The molecule has 0 saturated carbocycles. The molecule has 0 aliphatic rings. The fraction of sp³-hybridized carbons (Fsp3) is 0. The molecule has 1 heterocycles. The van der Waals surface area contributed by atoms with Gasteiger partial charge in [-0.25, -0.2) is 0 Å². The molecule has 0 amide bonds. The monoisotopic (exact) mass is 332 g/mol. The highest BCUT2D eigenvalue weighted by Crippen LogP contribution is 2.21. The molecule has 0 fully saturated rings. The normalized spacial score (nSPS) is 10.0. The Morgan fingerprint density at radius 1 is 1.27 bits per heavy atom. The standard InChI is InChI=1S/C10H6ClIN2O/c11-9-5-13-6-10(14-9)15-8-3-1-2-7(12)4-8/h1-6H. The van der Waals surface area contributed by atoms with E-state index in [9.17, 15) is 0 Å². The summed E-state index contributed by atoms with van der Waals surface area (Å²) in [6, 6.07) is 7.65. The third-order valence-corrected chi connectivity index (χ3v) is 2.45. The van der Waals surface area contributed by atoms with Crippen LogP contribution in [0.5, 0.6) is 11.6 Å². The number of rotatable bonds is 2. The van der Waals surface area contributed by atoms with Crippen molar-refractivity contribution in [2.75, 3.05) is 0 Å². The number of hydrogen-bond donors (Lipinski definition) is 0. The predicted octanol–water partition coefficient (Wildman–Crippen LogP) is 3.53. The second-order valence-corrected chi connectivity index (χ2v) is 4.37. The van der Waals surface area contributed by atoms with Gasteiger partial charge in [0.15, 0.2) is 5.15 Å². The predicted molar refractivity (Wildman–Crippen MR) is 66.3 cm³/mol. The largest absolute Gasteiger partial charge is 0.437 e. The number of benzene rings is 1. The fourth-order valence-corrected chi connectivity index (χ4v) is 1.68. The van der Waals surface area contributed by atoms with E-state index in [2.05, 4.69) is 32.6 Å². The highest BCUT2D eigenvalue weighted by Gasteiger charge is 2.00. The van der Waals surface area contributed by atoms with E-state index >= 15 is 0 Å². The Balaban J connectivity index is 2.22. The van der Waals surface area contributed by atoms with Gasteiger partial charge in [-0.15, -0.1) is 0 Å². The molecule has 15 heavy (non-hydrogen) atoms. The molecule has 0 saturated heterocycles. The van der Waals surface area contributed by atoms with E-state index in [0.29, 0.717) is 11.0 Å². The maximum atomic E-state index is 5.69. The second-order valence-electron chi connectivity index (χ2n) is 2.74. The lowest BCUT2D eigenvalue weighted by molar-refractivity contribution is 0.460. The molecule has 1 aromatic carbocycles. The average Bonchev–Trinajstić information content (AvgIpc) is 2.17. The minimum atomic E-state index is 0.318. The minimum absolute atomic E-state index is 0.318. The lowest BCUT2D eigenvalue weighted by atomic mass is 10.3. The molecule has 0 bridgehead atoms. The molecule has 76 valence electrons. The maximum Gasteiger partial charge on any atom is 0.239 e. The van der Waals surface area contributed by atoms with Gasteiger partial charge in [0.1, 0.15) is 5.75 Å². The van der Waals surface area contributed by atoms with Crippen molar-refractivity contribution in [3.63, 3.8) is 0 Å². The summed E-state index contributed by atoms with van der Waals surface area (Å²) in [5.41, 5.74) is 0. The summed E-state index contributed by atoms with van der Waals surface area (Å²) in [6.45, 7) is 0. The van der Waals surface area contributed by atoms with Crippen molar-refractivity contribution < 1.29 is 4.74 Å². The summed E-state index contributed by atoms with van der Waals surface area (Å²) in [6.07, 6.45) is 2.98. The topological polar surface area (TPSA) is 35.0 Å². The lowest BCUT2D eigenvalue weighted by Gasteiger charge is -2.03. The molecule has 0 aliphatic carbocycles. The van der Waals surface area contributed by atoms with Gasteiger partial charge in [0, 0.05) is 3.57 Å². The molecular formula is C10H6ClIN2O. The Hall–Kier alpha value is -0.880. The van der Waals surface area contributed by atoms with Gasteiger partial charge in [0.25, 0.3) is 0 Å². The smallest absolute Gasteiger partial charge is 0.239 e. The zero-order valence-corrected chi connectivity index (χ0v) is 10.4. The summed E-state index contributed by atoms with van der Waals surface area (Å²) in [5.74, 6) is 1.11. The summed E-state index contributed by atoms with van der Waals surface area (Å²) in [4.78, 5) is 7.86. The SMILES string of the molecule is Clc1cncc(Oc2cccc(I)c2)n1. The quantitative estimate of drug-likeness (QED) is 0.789. The van der Waals surface area contributed by atoms with Crippen molar-refractivity contribution in [1.29, 1.82) is 0 Å². The maximum absolute atomic E-state index is 5.69. The van der Waals surface area contributed by atoms with Crippen LogP contribution in [-0.4, -0.2) is 9.97 Å². The molecular weight excluding hydrogens is 326 g/mol. The van der Waals surface area contributed by atoms with Crippen LogP contribution in [0.3, 0.4) is 0 Å². The van der Waals surface area contributed by atoms with Gasteiger partial charge in [-0.05, 0) is 40.8 Å². The second kappa shape index (κ2) is 4.76. The van der Waals surface area contributed by atoms with Gasteiger partial charge in [-0.1, -0.05) is 17.7 Å². The van der Waals surface area contributed by atoms with Crippen LogP contribution in [0, 0.1) is 3.57 Å². The van der Waals surface area contributed by atoms with Crippen LogP contribution in [0.15, 0.2) is 36.7 Å². The Bertz CT molecular complexity index is 435. The molecule has 2 rings (SSSR count). The van der Waals surface area contributed by atoms with Crippen LogP contribution >= 0.6 is 34.2 Å². The van der Waals surface area contributed by atoms with E-state index in [1.807, 2.05) is 24.3 Å². The summed E-state index contributed by atoms with van der Waals surface area (Å²) >= 11 is 7.90. The van der Waals surface area contributed by atoms with Crippen molar-refractivity contribution in [3.05, 3.63) is 45.4 Å². The third kappa shape index (κ3) is 3.04. The molecule has 1 aromatic heterocycles. The van der Waals surface area contributed by atoms with Gasteiger partial charge in [0.05, 0.1) is 12.4 Å². The van der Waals surface area contributed by atoms with Gasteiger partial charge in [-0.3, -0.25) is 4.98 Å². The van der Waals surface area contributed by atoms with E-state index in [-0.39, 0.29) is 0 Å². The molecule has 3 nitrogen and oxygen atoms in total. The zero-order chi connectivity index (χ0) is 10.7. The molecule has 0 unspecified atom stereocenters. The molecule has 2 aromatic rings. The van der Waals surface area contributed by atoms with Gasteiger partial charge < -0.3 is 4.74 Å². The van der Waals surface area contributed by atoms with E-state index in [0.717, 1.165) is 9.32 Å². The average molecular weight is 333 g/mol. The zero-order valence-electron chi connectivity index (χ0n) is 7.52. The van der Waals surface area contributed by atoms with Crippen molar-refractivity contribution in [3.8, 4) is 11.6 Å². The fourth-order valence-electron chi connectivity index (χ4n) is 1.03. The van der Waals surface area contributed by atoms with Crippen LogP contribution in [0.1, 0.15) is 0 Å². The molecule has 0 radical (unpaired) electrons. The van der Waals surface area contributed by atoms with Crippen molar-refractivity contribution in [1.82, 2.24) is 9.97 Å². The Kier molecular flexibility index (Phi) is 3.37. The molecule has 0 spiro atoms. The van der Waals surface area contributed by atoms with Gasteiger partial charge in [-0.2, -0.15) is 4.98 Å². The molecule has 0 aliphatic heterocycles. The van der Waals surface area contributed by atoms with Crippen LogP contribution in [0.2, 0.25) is 5.15 Å². The lowest BCUT2D eigenvalue weighted by Crippen LogP contribution is -1.89. The van der Waals surface area contributed by atoms with E-state index in [1.165, 1.54) is 12.4 Å². The highest BCUT2D eigenvalue weighted by atomic mass is 127. The summed E-state index contributed by atoms with van der Waals surface area (Å²) in [7, 11) is 0. The molecule has 0 atom stereocenters. The van der Waals surface area contributed by atoms with Crippen molar-refractivity contribution >= 4 is 34.2 Å². The third-order valence-electron chi connectivity index (χ3n) is 1.60. The summed E-state index contributed by atoms with van der Waals surface area (Å²) in [5, 5.41) is 0.318. The van der Waals surface area contributed by atoms with Gasteiger partial charge >= 0.3 is 0 Å². The van der Waals surface area contributed by atoms with E-state index in [1.54, 1.807) is 0 Å². The van der Waals surface area contributed by atoms with E-state index < -0.39 is 0 Å². The Morgan fingerprint density at radius 2 is 2.13 bits per heavy atom.